The summed E-state index contributed by atoms with van der Waals surface area (Å²) in [5.74, 6) is -0.178. The first-order chi connectivity index (χ1) is 10.2. The Morgan fingerprint density at radius 3 is 2.38 bits per heavy atom. The molecule has 0 saturated carbocycles. The molecule has 2 aromatic rings. The van der Waals surface area contributed by atoms with Gasteiger partial charge in [-0.05, 0) is 36.1 Å². The number of aryl methyl sites for hydroxylation is 2. The fourth-order valence-corrected chi connectivity index (χ4v) is 2.29. The third-order valence-corrected chi connectivity index (χ3v) is 3.52. The lowest BCUT2D eigenvalue weighted by molar-refractivity contribution is 0.102. The molecule has 4 nitrogen and oxygen atoms in total. The van der Waals surface area contributed by atoms with Crippen LogP contribution in [-0.2, 0) is 12.8 Å². The maximum Gasteiger partial charge on any atom is 0.274 e. The Morgan fingerprint density at radius 2 is 1.81 bits per heavy atom. The van der Waals surface area contributed by atoms with Crippen LogP contribution in [0.5, 0.6) is 0 Å². The maximum absolute atomic E-state index is 12.4. The summed E-state index contributed by atoms with van der Waals surface area (Å²) in [6.07, 6.45) is 3.40. The SMILES string of the molecule is CCc1cccc(CC)c1NC(=O)c1cc(NC)ccn1. The Balaban J connectivity index is 2.30. The number of hydrogen-bond acceptors (Lipinski definition) is 3. The van der Waals surface area contributed by atoms with Crippen molar-refractivity contribution in [3.63, 3.8) is 0 Å². The van der Waals surface area contributed by atoms with E-state index in [4.69, 9.17) is 0 Å². The van der Waals surface area contributed by atoms with Crippen molar-refractivity contribution < 1.29 is 4.79 Å². The molecule has 4 heteroatoms. The summed E-state index contributed by atoms with van der Waals surface area (Å²) in [6, 6.07) is 9.70. The molecule has 0 saturated heterocycles. The van der Waals surface area contributed by atoms with E-state index in [0.29, 0.717) is 5.69 Å². The lowest BCUT2D eigenvalue weighted by atomic mass is 10.0. The second kappa shape index (κ2) is 6.88. The predicted octanol–water partition coefficient (Wildman–Crippen LogP) is 3.50. The Morgan fingerprint density at radius 1 is 1.14 bits per heavy atom. The van der Waals surface area contributed by atoms with Crippen LogP contribution in [0.4, 0.5) is 11.4 Å². The zero-order valence-electron chi connectivity index (χ0n) is 12.7. The van der Waals surface area contributed by atoms with E-state index in [2.05, 4.69) is 29.5 Å². The van der Waals surface area contributed by atoms with E-state index in [1.54, 1.807) is 12.3 Å². The number of carbonyl (C=O) groups excluding carboxylic acids is 1. The van der Waals surface area contributed by atoms with Gasteiger partial charge in [0.25, 0.3) is 5.91 Å². The molecule has 0 aliphatic carbocycles. The fraction of sp³-hybridized carbons (Fsp3) is 0.294. The summed E-state index contributed by atoms with van der Waals surface area (Å²) in [7, 11) is 1.82. The third-order valence-electron chi connectivity index (χ3n) is 3.52. The summed E-state index contributed by atoms with van der Waals surface area (Å²) in [4.78, 5) is 16.6. The normalized spacial score (nSPS) is 10.2. The summed E-state index contributed by atoms with van der Waals surface area (Å²) in [6.45, 7) is 4.18. The number of rotatable bonds is 5. The molecule has 2 N–H and O–H groups in total. The first-order valence-corrected chi connectivity index (χ1v) is 7.25. The van der Waals surface area contributed by atoms with Crippen LogP contribution in [0.15, 0.2) is 36.5 Å². The van der Waals surface area contributed by atoms with Crippen molar-refractivity contribution in [3.8, 4) is 0 Å². The van der Waals surface area contributed by atoms with Crippen LogP contribution < -0.4 is 10.6 Å². The quantitative estimate of drug-likeness (QED) is 0.883. The molecule has 0 fully saturated rings. The second-order valence-electron chi connectivity index (χ2n) is 4.79. The number of pyridine rings is 1. The van der Waals surface area contributed by atoms with Gasteiger partial charge in [0, 0.05) is 24.6 Å². The van der Waals surface area contributed by atoms with Gasteiger partial charge in [0.15, 0.2) is 0 Å². The van der Waals surface area contributed by atoms with Crippen LogP contribution in [0.1, 0.15) is 35.5 Å². The average Bonchev–Trinajstić information content (AvgIpc) is 2.54. The smallest absolute Gasteiger partial charge is 0.274 e. The molecule has 0 atom stereocenters. The van der Waals surface area contributed by atoms with E-state index in [-0.39, 0.29) is 5.91 Å². The van der Waals surface area contributed by atoms with Crippen molar-refractivity contribution >= 4 is 17.3 Å². The van der Waals surface area contributed by atoms with Gasteiger partial charge in [0.2, 0.25) is 0 Å². The largest absolute Gasteiger partial charge is 0.388 e. The molecular formula is C17H21N3O. The summed E-state index contributed by atoms with van der Waals surface area (Å²) < 4.78 is 0. The van der Waals surface area contributed by atoms with Crippen LogP contribution in [-0.4, -0.2) is 17.9 Å². The van der Waals surface area contributed by atoms with Gasteiger partial charge >= 0.3 is 0 Å². The van der Waals surface area contributed by atoms with E-state index in [1.165, 1.54) is 0 Å². The molecule has 1 heterocycles. The monoisotopic (exact) mass is 283 g/mol. The number of amides is 1. The molecule has 0 radical (unpaired) electrons. The van der Waals surface area contributed by atoms with Crippen LogP contribution in [0.25, 0.3) is 0 Å². The number of carbonyl (C=O) groups is 1. The van der Waals surface area contributed by atoms with Crippen molar-refractivity contribution in [1.82, 2.24) is 4.98 Å². The van der Waals surface area contributed by atoms with E-state index < -0.39 is 0 Å². The van der Waals surface area contributed by atoms with E-state index in [9.17, 15) is 4.79 Å². The lowest BCUT2D eigenvalue weighted by Gasteiger charge is -2.14. The minimum atomic E-state index is -0.178. The van der Waals surface area contributed by atoms with Gasteiger partial charge < -0.3 is 10.6 Å². The van der Waals surface area contributed by atoms with Crippen molar-refractivity contribution in [3.05, 3.63) is 53.3 Å². The number of aromatic nitrogens is 1. The van der Waals surface area contributed by atoms with Crippen molar-refractivity contribution in [2.75, 3.05) is 17.7 Å². The Hall–Kier alpha value is -2.36. The minimum Gasteiger partial charge on any atom is -0.388 e. The van der Waals surface area contributed by atoms with Gasteiger partial charge in [0.05, 0.1) is 0 Å². The molecule has 0 spiro atoms. The minimum absolute atomic E-state index is 0.178. The highest BCUT2D eigenvalue weighted by molar-refractivity contribution is 6.04. The number of nitrogens with zero attached hydrogens (tertiary/aromatic N) is 1. The molecule has 0 unspecified atom stereocenters. The van der Waals surface area contributed by atoms with E-state index in [0.717, 1.165) is 35.3 Å². The molecule has 110 valence electrons. The van der Waals surface area contributed by atoms with Crippen molar-refractivity contribution in [2.24, 2.45) is 0 Å². The molecule has 0 aliphatic heterocycles. The van der Waals surface area contributed by atoms with Crippen molar-refractivity contribution in [1.29, 1.82) is 0 Å². The molecule has 2 rings (SSSR count). The molecule has 1 aromatic carbocycles. The van der Waals surface area contributed by atoms with Crippen LogP contribution in [0, 0.1) is 0 Å². The summed E-state index contributed by atoms with van der Waals surface area (Å²) in [5.41, 5.74) is 4.49. The highest BCUT2D eigenvalue weighted by Gasteiger charge is 2.13. The second-order valence-corrected chi connectivity index (χ2v) is 4.79. The van der Waals surface area contributed by atoms with Crippen LogP contribution in [0.2, 0.25) is 0 Å². The highest BCUT2D eigenvalue weighted by atomic mass is 16.1. The van der Waals surface area contributed by atoms with Gasteiger partial charge in [-0.2, -0.15) is 0 Å². The number of benzene rings is 1. The zero-order valence-corrected chi connectivity index (χ0v) is 12.7. The molecule has 0 bridgehead atoms. The third kappa shape index (κ3) is 3.40. The van der Waals surface area contributed by atoms with E-state index in [1.807, 2.05) is 31.3 Å². The lowest BCUT2D eigenvalue weighted by Crippen LogP contribution is -2.16. The number of anilines is 2. The summed E-state index contributed by atoms with van der Waals surface area (Å²) >= 11 is 0. The molecule has 1 amide bonds. The number of nitrogens with one attached hydrogen (secondary N) is 2. The Labute approximate surface area is 125 Å². The first-order valence-electron chi connectivity index (χ1n) is 7.25. The van der Waals surface area contributed by atoms with Crippen LogP contribution in [0.3, 0.4) is 0 Å². The van der Waals surface area contributed by atoms with E-state index >= 15 is 0 Å². The predicted molar refractivity (Wildman–Crippen MR) is 86.9 cm³/mol. The average molecular weight is 283 g/mol. The number of hydrogen-bond donors (Lipinski definition) is 2. The maximum atomic E-state index is 12.4. The fourth-order valence-electron chi connectivity index (χ4n) is 2.29. The van der Waals surface area contributed by atoms with Crippen LogP contribution >= 0.6 is 0 Å². The topological polar surface area (TPSA) is 54.0 Å². The standard InChI is InChI=1S/C17H21N3O/c1-4-12-7-6-8-13(5-2)16(12)20-17(21)15-11-14(18-3)9-10-19-15/h6-11H,4-5H2,1-3H3,(H,18,19)(H,20,21). The van der Waals surface area contributed by atoms with Gasteiger partial charge in [-0.1, -0.05) is 32.0 Å². The number of para-hydroxylation sites is 1. The Bertz CT molecular complexity index is 615. The van der Waals surface area contributed by atoms with Gasteiger partial charge in [-0.3, -0.25) is 9.78 Å². The zero-order chi connectivity index (χ0) is 15.2. The molecular weight excluding hydrogens is 262 g/mol. The van der Waals surface area contributed by atoms with Gasteiger partial charge in [0.1, 0.15) is 5.69 Å². The Kier molecular flexibility index (Phi) is 4.93. The van der Waals surface area contributed by atoms with Crippen molar-refractivity contribution in [2.45, 2.75) is 26.7 Å². The molecule has 0 aliphatic rings. The van der Waals surface area contributed by atoms with Gasteiger partial charge in [-0.25, -0.2) is 0 Å². The molecule has 1 aromatic heterocycles. The highest BCUT2D eigenvalue weighted by Crippen LogP contribution is 2.23. The molecule has 21 heavy (non-hydrogen) atoms. The first kappa shape index (κ1) is 15.0. The van der Waals surface area contributed by atoms with Gasteiger partial charge in [-0.15, -0.1) is 0 Å². The summed E-state index contributed by atoms with van der Waals surface area (Å²) in [5, 5.41) is 6.03.